The third-order valence-corrected chi connectivity index (χ3v) is 2.80. The number of hydrogen-bond donors (Lipinski definition) is 0. The van der Waals surface area contributed by atoms with Crippen LogP contribution in [0.2, 0.25) is 0 Å². The van der Waals surface area contributed by atoms with E-state index in [0.717, 1.165) is 0 Å². The first kappa shape index (κ1) is 11.4. The van der Waals surface area contributed by atoms with Gasteiger partial charge in [0.1, 0.15) is 5.76 Å². The van der Waals surface area contributed by atoms with Gasteiger partial charge in [0.2, 0.25) is 0 Å². The van der Waals surface area contributed by atoms with Gasteiger partial charge in [-0.1, -0.05) is 6.92 Å². The van der Waals surface area contributed by atoms with Crippen molar-refractivity contribution in [2.24, 2.45) is 5.92 Å². The zero-order valence-corrected chi connectivity index (χ0v) is 8.15. The van der Waals surface area contributed by atoms with Crippen LogP contribution < -0.4 is 0 Å². The Morgan fingerprint density at radius 1 is 1.50 bits per heavy atom. The van der Waals surface area contributed by atoms with Crippen LogP contribution in [0.4, 0.5) is 13.2 Å². The number of alkyl halides is 3. The Bertz CT molecular complexity index is 342. The Hall–Kier alpha value is -0.720. The molecule has 1 rings (SSSR count). The zero-order chi connectivity index (χ0) is 11.0. The average Bonchev–Trinajstić information content (AvgIpc) is 2.31. The molecule has 0 heterocycles. The van der Waals surface area contributed by atoms with E-state index in [0.29, 0.717) is 6.42 Å². The molecule has 1 atom stereocenters. The molecule has 0 radical (unpaired) electrons. The molecule has 0 saturated carbocycles. The van der Waals surface area contributed by atoms with Crippen LogP contribution >= 0.6 is 0 Å². The predicted molar refractivity (Wildman–Crippen MR) is 42.5 cm³/mol. The standard InChI is InChI=1S/C7H9F3O3S/c1-5-2-3-6(4-5)13-14(11,12)7(8,9)10/h3,5H,2,4H2,1H3. The summed E-state index contributed by atoms with van der Waals surface area (Å²) in [4.78, 5) is 0. The van der Waals surface area contributed by atoms with Crippen LogP contribution in [0.3, 0.4) is 0 Å². The van der Waals surface area contributed by atoms with Gasteiger partial charge >= 0.3 is 15.6 Å². The van der Waals surface area contributed by atoms with Crippen molar-refractivity contribution in [3.63, 3.8) is 0 Å². The van der Waals surface area contributed by atoms with Crippen LogP contribution in [-0.4, -0.2) is 13.9 Å². The predicted octanol–water partition coefficient (Wildman–Crippen LogP) is 2.17. The Morgan fingerprint density at radius 2 is 2.07 bits per heavy atom. The molecular weight excluding hydrogens is 221 g/mol. The molecule has 3 nitrogen and oxygen atoms in total. The summed E-state index contributed by atoms with van der Waals surface area (Å²) in [6, 6.07) is 0. The minimum atomic E-state index is -5.47. The molecule has 7 heteroatoms. The molecule has 0 saturated heterocycles. The minimum absolute atomic E-state index is 0.116. The Labute approximate surface area is 79.7 Å². The highest BCUT2D eigenvalue weighted by molar-refractivity contribution is 7.87. The van der Waals surface area contributed by atoms with E-state index in [-0.39, 0.29) is 18.1 Å². The SMILES string of the molecule is CC1CC=C(OS(=O)(=O)C(F)(F)F)C1. The quantitative estimate of drug-likeness (QED) is 0.539. The maximum Gasteiger partial charge on any atom is 0.534 e. The van der Waals surface area contributed by atoms with Gasteiger partial charge in [-0.05, 0) is 18.4 Å². The van der Waals surface area contributed by atoms with E-state index in [4.69, 9.17) is 0 Å². The largest absolute Gasteiger partial charge is 0.534 e. The molecule has 0 aromatic carbocycles. The van der Waals surface area contributed by atoms with Crippen molar-refractivity contribution in [1.29, 1.82) is 0 Å². The van der Waals surface area contributed by atoms with E-state index in [1.165, 1.54) is 6.08 Å². The molecule has 0 aromatic heterocycles. The summed E-state index contributed by atoms with van der Waals surface area (Å²) in [6.07, 6.45) is 2.14. The maximum atomic E-state index is 11.8. The fraction of sp³-hybridized carbons (Fsp3) is 0.714. The smallest absolute Gasteiger partial charge is 0.381 e. The lowest BCUT2D eigenvalue weighted by molar-refractivity contribution is -0.0523. The first-order valence-electron chi connectivity index (χ1n) is 3.92. The van der Waals surface area contributed by atoms with Gasteiger partial charge in [-0.3, -0.25) is 0 Å². The van der Waals surface area contributed by atoms with E-state index in [1.807, 2.05) is 0 Å². The van der Waals surface area contributed by atoms with Gasteiger partial charge in [-0.25, -0.2) is 0 Å². The van der Waals surface area contributed by atoms with Crippen molar-refractivity contribution in [3.8, 4) is 0 Å². The molecule has 0 N–H and O–H groups in total. The number of allylic oxidation sites excluding steroid dienone is 2. The van der Waals surface area contributed by atoms with Gasteiger partial charge < -0.3 is 4.18 Å². The topological polar surface area (TPSA) is 43.4 Å². The summed E-state index contributed by atoms with van der Waals surface area (Å²) < 4.78 is 60.5. The second kappa shape index (κ2) is 3.45. The van der Waals surface area contributed by atoms with E-state index < -0.39 is 15.6 Å². The Kier molecular flexibility index (Phi) is 2.80. The molecule has 0 aromatic rings. The highest BCUT2D eigenvalue weighted by Gasteiger charge is 2.49. The highest BCUT2D eigenvalue weighted by atomic mass is 32.2. The minimum Gasteiger partial charge on any atom is -0.381 e. The molecule has 1 aliphatic carbocycles. The third kappa shape index (κ3) is 2.40. The van der Waals surface area contributed by atoms with Crippen LogP contribution in [0.5, 0.6) is 0 Å². The monoisotopic (exact) mass is 230 g/mol. The lowest BCUT2D eigenvalue weighted by Crippen LogP contribution is -2.25. The number of rotatable bonds is 2. The molecule has 82 valence electrons. The molecular formula is C7H9F3O3S. The van der Waals surface area contributed by atoms with Gasteiger partial charge in [0.15, 0.2) is 0 Å². The van der Waals surface area contributed by atoms with Crippen molar-refractivity contribution in [3.05, 3.63) is 11.8 Å². The summed E-state index contributed by atoms with van der Waals surface area (Å²) in [5.41, 5.74) is -5.35. The first-order valence-corrected chi connectivity index (χ1v) is 5.33. The molecule has 0 spiro atoms. The molecule has 0 bridgehead atoms. The molecule has 0 aliphatic heterocycles. The fourth-order valence-electron chi connectivity index (χ4n) is 1.10. The zero-order valence-electron chi connectivity index (χ0n) is 7.34. The van der Waals surface area contributed by atoms with Gasteiger partial charge in [0.25, 0.3) is 0 Å². The Balaban J connectivity index is 2.71. The van der Waals surface area contributed by atoms with E-state index >= 15 is 0 Å². The van der Waals surface area contributed by atoms with Gasteiger partial charge in [0, 0.05) is 6.42 Å². The van der Waals surface area contributed by atoms with Crippen molar-refractivity contribution in [2.45, 2.75) is 25.3 Å². The first-order chi connectivity index (χ1) is 6.22. The van der Waals surface area contributed by atoms with Gasteiger partial charge in [-0.2, -0.15) is 21.6 Å². The molecule has 1 unspecified atom stereocenters. The van der Waals surface area contributed by atoms with E-state index in [9.17, 15) is 21.6 Å². The summed E-state index contributed by atoms with van der Waals surface area (Å²) in [6.45, 7) is 1.80. The van der Waals surface area contributed by atoms with Crippen molar-refractivity contribution in [2.75, 3.05) is 0 Å². The second-order valence-electron chi connectivity index (χ2n) is 3.20. The maximum absolute atomic E-state index is 11.8. The summed E-state index contributed by atoms with van der Waals surface area (Å²) in [5, 5.41) is 0. The van der Waals surface area contributed by atoms with Crippen molar-refractivity contribution in [1.82, 2.24) is 0 Å². The van der Waals surface area contributed by atoms with Crippen molar-refractivity contribution < 1.29 is 25.8 Å². The average molecular weight is 230 g/mol. The number of hydrogen-bond acceptors (Lipinski definition) is 3. The lowest BCUT2D eigenvalue weighted by Gasteiger charge is -2.10. The summed E-state index contributed by atoms with van der Waals surface area (Å²) in [7, 11) is -5.47. The van der Waals surface area contributed by atoms with Crippen LogP contribution in [0.1, 0.15) is 19.8 Å². The van der Waals surface area contributed by atoms with Gasteiger partial charge in [0.05, 0.1) is 0 Å². The molecule has 0 amide bonds. The van der Waals surface area contributed by atoms with Gasteiger partial charge in [-0.15, -0.1) is 0 Å². The molecule has 1 aliphatic rings. The van der Waals surface area contributed by atoms with E-state index in [2.05, 4.69) is 4.18 Å². The Morgan fingerprint density at radius 3 is 2.43 bits per heavy atom. The van der Waals surface area contributed by atoms with E-state index in [1.54, 1.807) is 6.92 Å². The van der Waals surface area contributed by atoms with Crippen LogP contribution in [0, 0.1) is 5.92 Å². The normalized spacial score (nSPS) is 23.4. The van der Waals surface area contributed by atoms with Crippen LogP contribution in [0.25, 0.3) is 0 Å². The highest BCUT2D eigenvalue weighted by Crippen LogP contribution is 2.31. The van der Waals surface area contributed by atoms with Crippen molar-refractivity contribution >= 4 is 10.1 Å². The fourth-order valence-corrected chi connectivity index (χ4v) is 1.61. The van der Waals surface area contributed by atoms with Crippen LogP contribution in [0.15, 0.2) is 11.8 Å². The second-order valence-corrected chi connectivity index (χ2v) is 4.74. The summed E-state index contributed by atoms with van der Waals surface area (Å²) in [5.74, 6) is 0.0169. The number of halogens is 3. The molecule has 0 fully saturated rings. The van der Waals surface area contributed by atoms with Crippen LogP contribution in [-0.2, 0) is 14.3 Å². The lowest BCUT2D eigenvalue weighted by atomic mass is 10.1. The third-order valence-electron chi connectivity index (χ3n) is 1.80. The summed E-state index contributed by atoms with van der Waals surface area (Å²) >= 11 is 0. The molecule has 14 heavy (non-hydrogen) atoms.